The molecule has 0 N–H and O–H groups in total. The number of hydrogen-bond acceptors (Lipinski definition) is 4. The second-order valence-electron chi connectivity index (χ2n) is 12.1. The molecule has 2 aromatic rings. The zero-order chi connectivity index (χ0) is 24.3. The highest BCUT2D eigenvalue weighted by Crippen LogP contribution is 2.75. The first-order valence-corrected chi connectivity index (χ1v) is 12.5. The molecule has 0 aromatic heterocycles. The normalized spacial score (nSPS) is 33.4. The fraction of sp³-hybridized carbons (Fsp3) is 0.533. The third-order valence-corrected chi connectivity index (χ3v) is 9.52. The summed E-state index contributed by atoms with van der Waals surface area (Å²) in [6.45, 7) is 11.5. The molecule has 4 fully saturated rings. The third-order valence-electron chi connectivity index (χ3n) is 9.52. The Kier molecular flexibility index (Phi) is 5.21. The zero-order valence-corrected chi connectivity index (χ0v) is 20.9. The minimum atomic E-state index is 0.0401. The lowest BCUT2D eigenvalue weighted by Crippen LogP contribution is -2.62. The standard InChI is InChI=1S/C30H34N2O2/c1-19(2)29-13-23-12-28(5,14-29)15-30(16-29,24-7-9-26(34-18-32)21(4)11-24)27(23)22-6-8-25(33-17-31)20(3)10-22/h6-11,19,23,27H,12-16H2,1-5H3. The molecule has 0 amide bonds. The van der Waals surface area contributed by atoms with Gasteiger partial charge in [0.2, 0.25) is 0 Å². The van der Waals surface area contributed by atoms with E-state index >= 15 is 0 Å². The van der Waals surface area contributed by atoms with Crippen LogP contribution in [-0.4, -0.2) is 0 Å². The lowest BCUT2D eigenvalue weighted by Gasteiger charge is -2.71. The maximum Gasteiger partial charge on any atom is 0.292 e. The number of hydrogen-bond donors (Lipinski definition) is 0. The maximum absolute atomic E-state index is 9.05. The fourth-order valence-corrected chi connectivity index (χ4v) is 8.62. The van der Waals surface area contributed by atoms with Gasteiger partial charge < -0.3 is 9.47 Å². The van der Waals surface area contributed by atoms with Crippen molar-refractivity contribution < 1.29 is 9.47 Å². The zero-order valence-electron chi connectivity index (χ0n) is 20.9. The SMILES string of the molecule is Cc1cc(C2C3CC4(C)CC(C(C)C)(C3)CC2(c2ccc(OC#N)c(C)c2)C4)ccc1OC#N. The molecule has 4 saturated carbocycles. The molecule has 0 saturated heterocycles. The molecule has 4 aliphatic rings. The van der Waals surface area contributed by atoms with E-state index in [4.69, 9.17) is 20.0 Å². The van der Waals surface area contributed by atoms with Gasteiger partial charge in [0.1, 0.15) is 11.5 Å². The summed E-state index contributed by atoms with van der Waals surface area (Å²) in [6, 6.07) is 12.9. The summed E-state index contributed by atoms with van der Waals surface area (Å²) >= 11 is 0. The Morgan fingerprint density at radius 2 is 1.53 bits per heavy atom. The quantitative estimate of drug-likeness (QED) is 0.445. The van der Waals surface area contributed by atoms with Crippen molar-refractivity contribution in [3.05, 3.63) is 58.7 Å². The van der Waals surface area contributed by atoms with Gasteiger partial charge in [-0.05, 0) is 109 Å². The number of benzene rings is 2. The number of nitriles is 2. The van der Waals surface area contributed by atoms with Gasteiger partial charge in [-0.15, -0.1) is 10.5 Å². The van der Waals surface area contributed by atoms with Gasteiger partial charge in [0, 0.05) is 5.41 Å². The van der Waals surface area contributed by atoms with Gasteiger partial charge in [0.15, 0.2) is 0 Å². The first kappa shape index (κ1) is 22.8. The molecular formula is C30H34N2O2. The Labute approximate surface area is 203 Å². The molecule has 5 atom stereocenters. The monoisotopic (exact) mass is 454 g/mol. The second-order valence-corrected chi connectivity index (χ2v) is 12.1. The van der Waals surface area contributed by atoms with E-state index in [1.165, 1.54) is 43.2 Å². The smallest absolute Gasteiger partial charge is 0.292 e. The molecule has 0 spiro atoms. The second kappa shape index (κ2) is 7.78. The maximum atomic E-state index is 9.05. The Morgan fingerprint density at radius 3 is 2.12 bits per heavy atom. The van der Waals surface area contributed by atoms with Crippen molar-refractivity contribution in [3.63, 3.8) is 0 Å². The third kappa shape index (κ3) is 3.31. The Bertz CT molecular complexity index is 1220. The van der Waals surface area contributed by atoms with Crippen molar-refractivity contribution in [1.82, 2.24) is 0 Å². The van der Waals surface area contributed by atoms with Crippen LogP contribution in [0.2, 0.25) is 0 Å². The number of aryl methyl sites for hydroxylation is 2. The lowest BCUT2D eigenvalue weighted by molar-refractivity contribution is -0.151. The molecule has 4 aliphatic carbocycles. The van der Waals surface area contributed by atoms with Crippen LogP contribution < -0.4 is 9.47 Å². The van der Waals surface area contributed by atoms with Crippen LogP contribution in [0.5, 0.6) is 11.5 Å². The molecule has 176 valence electrons. The Balaban J connectivity index is 1.69. The molecule has 6 rings (SSSR count). The summed E-state index contributed by atoms with van der Waals surface area (Å²) in [7, 11) is 0. The summed E-state index contributed by atoms with van der Waals surface area (Å²) in [6.07, 6.45) is 9.92. The van der Waals surface area contributed by atoms with E-state index in [1.807, 2.05) is 38.5 Å². The van der Waals surface area contributed by atoms with E-state index in [1.54, 1.807) is 0 Å². The predicted octanol–water partition coefficient (Wildman–Crippen LogP) is 7.30. The molecule has 0 aliphatic heterocycles. The van der Waals surface area contributed by atoms with Crippen LogP contribution in [0.15, 0.2) is 36.4 Å². The average Bonchev–Trinajstić information content (AvgIpc) is 2.75. The van der Waals surface area contributed by atoms with E-state index < -0.39 is 0 Å². The Hall–Kier alpha value is -2.98. The van der Waals surface area contributed by atoms with Crippen molar-refractivity contribution in [2.75, 3.05) is 0 Å². The summed E-state index contributed by atoms with van der Waals surface area (Å²) in [5.74, 6) is 2.98. The van der Waals surface area contributed by atoms with Crippen LogP contribution in [0.25, 0.3) is 0 Å². The molecule has 0 heterocycles. The van der Waals surface area contributed by atoms with Crippen molar-refractivity contribution in [3.8, 4) is 24.0 Å². The van der Waals surface area contributed by atoms with E-state index in [-0.39, 0.29) is 5.41 Å². The van der Waals surface area contributed by atoms with E-state index in [9.17, 15) is 0 Å². The van der Waals surface area contributed by atoms with Crippen LogP contribution in [0, 0.1) is 59.5 Å². The van der Waals surface area contributed by atoms with Gasteiger partial charge in [-0.2, -0.15) is 0 Å². The van der Waals surface area contributed by atoms with Crippen molar-refractivity contribution in [2.45, 2.75) is 78.1 Å². The van der Waals surface area contributed by atoms with Gasteiger partial charge in [-0.3, -0.25) is 0 Å². The first-order chi connectivity index (χ1) is 16.2. The minimum Gasteiger partial charge on any atom is -0.388 e. The molecule has 2 aromatic carbocycles. The van der Waals surface area contributed by atoms with Crippen LogP contribution in [0.1, 0.15) is 81.0 Å². The van der Waals surface area contributed by atoms with Crippen LogP contribution in [0.3, 0.4) is 0 Å². The van der Waals surface area contributed by atoms with E-state index in [2.05, 4.69) is 45.0 Å². The molecule has 4 heteroatoms. The molecule has 34 heavy (non-hydrogen) atoms. The number of ether oxygens (including phenoxy) is 2. The molecule has 0 radical (unpaired) electrons. The van der Waals surface area contributed by atoms with Crippen LogP contribution >= 0.6 is 0 Å². The van der Waals surface area contributed by atoms with Crippen molar-refractivity contribution in [2.24, 2.45) is 22.7 Å². The van der Waals surface area contributed by atoms with Gasteiger partial charge in [-0.1, -0.05) is 45.0 Å². The first-order valence-electron chi connectivity index (χ1n) is 12.5. The van der Waals surface area contributed by atoms with Gasteiger partial charge >= 0.3 is 0 Å². The summed E-state index contributed by atoms with van der Waals surface area (Å²) in [5, 5.41) is 18.1. The fourth-order valence-electron chi connectivity index (χ4n) is 8.62. The molecule has 4 nitrogen and oxygen atoms in total. The largest absolute Gasteiger partial charge is 0.388 e. The van der Waals surface area contributed by atoms with E-state index in [0.29, 0.717) is 40.1 Å². The summed E-state index contributed by atoms with van der Waals surface area (Å²) in [5.41, 5.74) is 5.53. The van der Waals surface area contributed by atoms with Crippen LogP contribution in [0.4, 0.5) is 0 Å². The summed E-state index contributed by atoms with van der Waals surface area (Å²) < 4.78 is 10.4. The van der Waals surface area contributed by atoms with Crippen molar-refractivity contribution >= 4 is 0 Å². The number of rotatable bonds is 5. The van der Waals surface area contributed by atoms with Crippen molar-refractivity contribution in [1.29, 1.82) is 10.5 Å². The minimum absolute atomic E-state index is 0.0401. The highest BCUT2D eigenvalue weighted by atomic mass is 16.5. The van der Waals surface area contributed by atoms with E-state index in [0.717, 1.165) is 11.1 Å². The molecular weight excluding hydrogens is 420 g/mol. The van der Waals surface area contributed by atoms with Crippen LogP contribution in [-0.2, 0) is 5.41 Å². The highest BCUT2D eigenvalue weighted by molar-refractivity contribution is 5.47. The molecule has 4 bridgehead atoms. The predicted molar refractivity (Wildman–Crippen MR) is 131 cm³/mol. The van der Waals surface area contributed by atoms with Gasteiger partial charge in [0.25, 0.3) is 12.5 Å². The lowest BCUT2D eigenvalue weighted by atomic mass is 9.33. The van der Waals surface area contributed by atoms with Gasteiger partial charge in [-0.25, -0.2) is 0 Å². The Morgan fingerprint density at radius 1 is 0.882 bits per heavy atom. The topological polar surface area (TPSA) is 66.0 Å². The van der Waals surface area contributed by atoms with Gasteiger partial charge in [0.05, 0.1) is 0 Å². The molecule has 5 unspecified atom stereocenters. The summed E-state index contributed by atoms with van der Waals surface area (Å²) in [4.78, 5) is 0. The highest BCUT2D eigenvalue weighted by Gasteiger charge is 2.67. The average molecular weight is 455 g/mol. The number of nitrogens with zero attached hydrogens (tertiary/aromatic N) is 2.